The van der Waals surface area contributed by atoms with Crippen molar-refractivity contribution in [1.29, 1.82) is 0 Å². The van der Waals surface area contributed by atoms with Crippen molar-refractivity contribution in [2.45, 2.75) is 6.42 Å². The number of rotatable bonds is 7. The van der Waals surface area contributed by atoms with Gasteiger partial charge >= 0.3 is 0 Å². The van der Waals surface area contributed by atoms with Crippen molar-refractivity contribution >= 4 is 40.3 Å². The zero-order valence-corrected chi connectivity index (χ0v) is 19.1. The molecule has 0 atom stereocenters. The van der Waals surface area contributed by atoms with Crippen molar-refractivity contribution < 1.29 is 14.3 Å². The third-order valence-electron chi connectivity index (χ3n) is 4.76. The van der Waals surface area contributed by atoms with Gasteiger partial charge in [-0.2, -0.15) is 0 Å². The smallest absolute Gasteiger partial charge is 0.269 e. The number of amides is 1. The third kappa shape index (κ3) is 5.58. The highest BCUT2D eigenvalue weighted by Crippen LogP contribution is 2.35. The number of azo groups is 1. The van der Waals surface area contributed by atoms with Gasteiger partial charge in [0.1, 0.15) is 11.4 Å². The molecule has 4 aromatic rings. The molecule has 0 fully saturated rings. The fourth-order valence-corrected chi connectivity index (χ4v) is 4.40. The predicted octanol–water partition coefficient (Wildman–Crippen LogP) is 6.56. The normalized spacial score (nSPS) is 11.0. The fourth-order valence-electron chi connectivity index (χ4n) is 3.13. The van der Waals surface area contributed by atoms with Gasteiger partial charge in [-0.15, -0.1) is 21.6 Å². The molecule has 0 bridgehead atoms. The van der Waals surface area contributed by atoms with E-state index < -0.39 is 5.91 Å². The van der Waals surface area contributed by atoms with Gasteiger partial charge in [-0.1, -0.05) is 23.7 Å². The molecule has 164 valence electrons. The molecule has 2 aromatic heterocycles. The number of carbonyl (C=O) groups is 2. The Morgan fingerprint density at radius 2 is 1.82 bits per heavy atom. The number of methoxy groups -OCH3 is 1. The SMILES string of the molecule is COc1ccc(C(=O)c2cc(CC(=O)N=Nc3cccnc3)c(-c3ccc(Cl)cc3)s2)cc1. The highest BCUT2D eigenvalue weighted by molar-refractivity contribution is 7.17. The number of halogens is 1. The molecule has 0 saturated heterocycles. The van der Waals surface area contributed by atoms with Crippen LogP contribution < -0.4 is 4.74 Å². The van der Waals surface area contributed by atoms with Crippen LogP contribution in [0.25, 0.3) is 10.4 Å². The zero-order valence-electron chi connectivity index (χ0n) is 17.6. The summed E-state index contributed by atoms with van der Waals surface area (Å²) >= 11 is 7.36. The molecule has 0 spiro atoms. The minimum Gasteiger partial charge on any atom is -0.497 e. The first-order valence-corrected chi connectivity index (χ1v) is 11.1. The lowest BCUT2D eigenvalue weighted by molar-refractivity contribution is -0.117. The molecule has 8 heteroatoms. The number of thiophene rings is 1. The number of hydrogen-bond acceptors (Lipinski definition) is 6. The van der Waals surface area contributed by atoms with Gasteiger partial charge in [-0.3, -0.25) is 14.6 Å². The van der Waals surface area contributed by atoms with Crippen molar-refractivity contribution in [2.75, 3.05) is 7.11 Å². The summed E-state index contributed by atoms with van der Waals surface area (Å²) in [6, 6.07) is 19.4. The van der Waals surface area contributed by atoms with Crippen LogP contribution in [0, 0.1) is 0 Å². The quantitative estimate of drug-likeness (QED) is 0.224. The second kappa shape index (κ2) is 10.3. The first kappa shape index (κ1) is 22.5. The maximum atomic E-state index is 13.1. The molecule has 6 nitrogen and oxygen atoms in total. The second-order valence-corrected chi connectivity index (χ2v) is 8.50. The Kier molecular flexibility index (Phi) is 7.02. The first-order valence-electron chi connectivity index (χ1n) is 9.95. The number of benzene rings is 2. The third-order valence-corrected chi connectivity index (χ3v) is 6.23. The predicted molar refractivity (Wildman–Crippen MR) is 129 cm³/mol. The molecule has 0 aliphatic rings. The summed E-state index contributed by atoms with van der Waals surface area (Å²) in [5, 5.41) is 8.35. The number of hydrogen-bond donors (Lipinski definition) is 0. The van der Waals surface area contributed by atoms with E-state index in [1.54, 1.807) is 67.9 Å². The van der Waals surface area contributed by atoms with Crippen LogP contribution in [0.3, 0.4) is 0 Å². The van der Waals surface area contributed by atoms with E-state index in [2.05, 4.69) is 15.2 Å². The van der Waals surface area contributed by atoms with Gasteiger partial charge in [0.05, 0.1) is 24.6 Å². The zero-order chi connectivity index (χ0) is 23.2. The maximum Gasteiger partial charge on any atom is 0.269 e. The summed E-state index contributed by atoms with van der Waals surface area (Å²) in [6.45, 7) is 0. The van der Waals surface area contributed by atoms with Crippen LogP contribution >= 0.6 is 22.9 Å². The van der Waals surface area contributed by atoms with E-state index in [-0.39, 0.29) is 12.2 Å². The molecular formula is C25H18ClN3O3S. The minimum atomic E-state index is -0.421. The van der Waals surface area contributed by atoms with Crippen molar-refractivity contribution in [1.82, 2.24) is 4.98 Å². The lowest BCUT2D eigenvalue weighted by Crippen LogP contribution is -2.00. The van der Waals surface area contributed by atoms with Crippen molar-refractivity contribution in [3.05, 3.63) is 100 Å². The number of pyridine rings is 1. The van der Waals surface area contributed by atoms with Crippen LogP contribution in [-0.2, 0) is 11.2 Å². The highest BCUT2D eigenvalue weighted by Gasteiger charge is 2.19. The summed E-state index contributed by atoms with van der Waals surface area (Å²) in [5.74, 6) is 0.119. The standard InChI is InChI=1S/C25H18ClN3O3S/c1-32-21-10-6-16(7-11-21)24(31)22-13-18(25(33-22)17-4-8-19(26)9-5-17)14-23(30)29-28-20-3-2-12-27-15-20/h2-13,15H,14H2,1H3. The average molecular weight is 476 g/mol. The Bertz CT molecular complexity index is 1300. The van der Waals surface area contributed by atoms with Crippen molar-refractivity contribution in [3.8, 4) is 16.2 Å². The second-order valence-electron chi connectivity index (χ2n) is 7.01. The summed E-state index contributed by atoms with van der Waals surface area (Å²) in [4.78, 5) is 30.9. The van der Waals surface area contributed by atoms with Crippen LogP contribution in [0.4, 0.5) is 5.69 Å². The number of ether oxygens (including phenoxy) is 1. The van der Waals surface area contributed by atoms with Gasteiger partial charge in [0.15, 0.2) is 0 Å². The molecule has 0 radical (unpaired) electrons. The summed E-state index contributed by atoms with van der Waals surface area (Å²) in [6.07, 6.45) is 3.15. The Hall–Kier alpha value is -3.68. The van der Waals surface area contributed by atoms with E-state index in [9.17, 15) is 9.59 Å². The minimum absolute atomic E-state index is 0.00805. The molecule has 2 heterocycles. The van der Waals surface area contributed by atoms with E-state index in [0.29, 0.717) is 32.5 Å². The molecule has 0 saturated carbocycles. The molecule has 2 aromatic carbocycles. The van der Waals surface area contributed by atoms with Gasteiger partial charge in [-0.25, -0.2) is 0 Å². The summed E-state index contributed by atoms with van der Waals surface area (Å²) in [5.41, 5.74) is 2.60. The molecular weight excluding hydrogens is 458 g/mol. The molecule has 4 rings (SSSR count). The fraction of sp³-hybridized carbons (Fsp3) is 0.0800. The monoisotopic (exact) mass is 475 g/mol. The van der Waals surface area contributed by atoms with E-state index in [1.807, 2.05) is 12.1 Å². The van der Waals surface area contributed by atoms with Crippen LogP contribution in [0.5, 0.6) is 5.75 Å². The molecule has 0 N–H and O–H groups in total. The number of ketones is 1. The summed E-state index contributed by atoms with van der Waals surface area (Å²) in [7, 11) is 1.57. The van der Waals surface area contributed by atoms with Crippen LogP contribution in [0.15, 0.2) is 89.4 Å². The van der Waals surface area contributed by atoms with Gasteiger partial charge in [0.2, 0.25) is 5.78 Å². The van der Waals surface area contributed by atoms with E-state index in [0.717, 1.165) is 10.4 Å². The number of carbonyl (C=O) groups excluding carboxylic acids is 2. The first-order chi connectivity index (χ1) is 16.0. The van der Waals surface area contributed by atoms with Gasteiger partial charge < -0.3 is 4.74 Å². The van der Waals surface area contributed by atoms with Crippen molar-refractivity contribution in [2.24, 2.45) is 10.2 Å². The van der Waals surface area contributed by atoms with Gasteiger partial charge in [0, 0.05) is 21.7 Å². The van der Waals surface area contributed by atoms with E-state index in [1.165, 1.54) is 17.5 Å². The van der Waals surface area contributed by atoms with Gasteiger partial charge in [-0.05, 0) is 65.7 Å². The lowest BCUT2D eigenvalue weighted by Gasteiger charge is -2.02. The molecule has 0 aliphatic heterocycles. The van der Waals surface area contributed by atoms with Crippen LogP contribution in [0.1, 0.15) is 20.8 Å². The van der Waals surface area contributed by atoms with Gasteiger partial charge in [0.25, 0.3) is 5.91 Å². The Balaban J connectivity index is 1.64. The van der Waals surface area contributed by atoms with Crippen LogP contribution in [-0.4, -0.2) is 23.8 Å². The Morgan fingerprint density at radius 1 is 1.06 bits per heavy atom. The molecule has 1 amide bonds. The van der Waals surface area contributed by atoms with Crippen molar-refractivity contribution in [3.63, 3.8) is 0 Å². The Labute approximate surface area is 199 Å². The highest BCUT2D eigenvalue weighted by atomic mass is 35.5. The lowest BCUT2D eigenvalue weighted by atomic mass is 10.0. The molecule has 33 heavy (non-hydrogen) atoms. The molecule has 0 unspecified atom stereocenters. The summed E-state index contributed by atoms with van der Waals surface area (Å²) < 4.78 is 5.16. The maximum absolute atomic E-state index is 13.1. The number of nitrogens with zero attached hydrogens (tertiary/aromatic N) is 3. The number of aromatic nitrogens is 1. The average Bonchev–Trinajstić information content (AvgIpc) is 3.27. The topological polar surface area (TPSA) is 81.0 Å². The van der Waals surface area contributed by atoms with Crippen LogP contribution in [0.2, 0.25) is 5.02 Å². The van der Waals surface area contributed by atoms with E-state index >= 15 is 0 Å². The largest absolute Gasteiger partial charge is 0.497 e. The molecule has 0 aliphatic carbocycles. The van der Waals surface area contributed by atoms with E-state index in [4.69, 9.17) is 16.3 Å². The Morgan fingerprint density at radius 3 is 2.48 bits per heavy atom.